The molecule has 7 heteroatoms. The molecule has 2 aliphatic rings. The van der Waals surface area contributed by atoms with E-state index in [1.165, 1.54) is 19.3 Å². The number of rotatable bonds is 7. The second-order valence-corrected chi connectivity index (χ2v) is 8.43. The standard InChI is InChI=1S/C18H35N5OS/c1-19-18(21-14-8-9-15(13-14)25-4)20-10-6-12-23-11-5-7-16(23)17(24)22(2)3/h14-16H,5-13H2,1-4H3,(H2,19,20,21). The highest BCUT2D eigenvalue weighted by molar-refractivity contribution is 7.99. The summed E-state index contributed by atoms with van der Waals surface area (Å²) in [5.74, 6) is 1.15. The summed E-state index contributed by atoms with van der Waals surface area (Å²) >= 11 is 1.97. The van der Waals surface area contributed by atoms with E-state index in [-0.39, 0.29) is 11.9 Å². The Balaban J connectivity index is 1.66. The van der Waals surface area contributed by atoms with Crippen LogP contribution in [0.4, 0.5) is 0 Å². The summed E-state index contributed by atoms with van der Waals surface area (Å²) in [4.78, 5) is 20.6. The quantitative estimate of drug-likeness (QED) is 0.403. The molecular weight excluding hydrogens is 334 g/mol. The fourth-order valence-corrected chi connectivity index (χ4v) is 4.63. The Morgan fingerprint density at radius 1 is 1.32 bits per heavy atom. The highest BCUT2D eigenvalue weighted by Gasteiger charge is 2.31. The molecule has 2 rings (SSSR count). The monoisotopic (exact) mass is 369 g/mol. The molecular formula is C18H35N5OS. The zero-order chi connectivity index (χ0) is 18.2. The summed E-state index contributed by atoms with van der Waals surface area (Å²) in [6.07, 6.45) is 9.10. The lowest BCUT2D eigenvalue weighted by Crippen LogP contribution is -2.45. The number of aliphatic imine (C=N–C) groups is 1. The SMILES string of the molecule is CN=C(NCCCN1CCCC1C(=O)N(C)C)NC1CCC(SC)C1. The average Bonchev–Trinajstić information content (AvgIpc) is 3.25. The topological polar surface area (TPSA) is 60.0 Å². The van der Waals surface area contributed by atoms with E-state index in [9.17, 15) is 4.79 Å². The summed E-state index contributed by atoms with van der Waals surface area (Å²) < 4.78 is 0. The maximum absolute atomic E-state index is 12.2. The molecule has 0 aromatic rings. The molecule has 0 bridgehead atoms. The molecule has 2 fully saturated rings. The summed E-state index contributed by atoms with van der Waals surface area (Å²) in [6.45, 7) is 2.89. The zero-order valence-corrected chi connectivity index (χ0v) is 17.1. The summed E-state index contributed by atoms with van der Waals surface area (Å²) in [5, 5.41) is 7.77. The van der Waals surface area contributed by atoms with E-state index in [0.717, 1.165) is 50.1 Å². The van der Waals surface area contributed by atoms with E-state index in [0.29, 0.717) is 6.04 Å². The first kappa shape index (κ1) is 20.4. The van der Waals surface area contributed by atoms with Crippen molar-refractivity contribution in [1.29, 1.82) is 0 Å². The molecule has 0 aromatic carbocycles. The zero-order valence-electron chi connectivity index (χ0n) is 16.3. The smallest absolute Gasteiger partial charge is 0.239 e. The van der Waals surface area contributed by atoms with E-state index in [1.807, 2.05) is 32.9 Å². The van der Waals surface area contributed by atoms with Crippen molar-refractivity contribution < 1.29 is 4.79 Å². The number of thioether (sulfide) groups is 1. The van der Waals surface area contributed by atoms with Crippen molar-refractivity contribution in [3.63, 3.8) is 0 Å². The van der Waals surface area contributed by atoms with Crippen LogP contribution in [0.2, 0.25) is 0 Å². The number of carbonyl (C=O) groups is 1. The van der Waals surface area contributed by atoms with Gasteiger partial charge in [0.1, 0.15) is 0 Å². The molecule has 0 radical (unpaired) electrons. The van der Waals surface area contributed by atoms with Gasteiger partial charge >= 0.3 is 0 Å². The van der Waals surface area contributed by atoms with E-state index in [2.05, 4.69) is 26.8 Å². The van der Waals surface area contributed by atoms with Gasteiger partial charge in [-0.3, -0.25) is 14.7 Å². The number of amides is 1. The van der Waals surface area contributed by atoms with Gasteiger partial charge in [0.2, 0.25) is 5.91 Å². The van der Waals surface area contributed by atoms with Crippen LogP contribution in [-0.4, -0.2) is 86.0 Å². The lowest BCUT2D eigenvalue weighted by molar-refractivity contribution is -0.133. The van der Waals surface area contributed by atoms with Crippen molar-refractivity contribution in [3.05, 3.63) is 0 Å². The Bertz CT molecular complexity index is 457. The van der Waals surface area contributed by atoms with Crippen LogP contribution < -0.4 is 10.6 Å². The minimum Gasteiger partial charge on any atom is -0.356 e. The second kappa shape index (κ2) is 10.3. The Labute approximate surface area is 157 Å². The summed E-state index contributed by atoms with van der Waals surface area (Å²) in [7, 11) is 5.53. The number of likely N-dealkylation sites (N-methyl/N-ethyl adjacent to an activating group) is 1. The van der Waals surface area contributed by atoms with Gasteiger partial charge < -0.3 is 15.5 Å². The molecule has 1 saturated heterocycles. The number of carbonyl (C=O) groups excluding carboxylic acids is 1. The van der Waals surface area contributed by atoms with Crippen LogP contribution in [-0.2, 0) is 4.79 Å². The second-order valence-electron chi connectivity index (χ2n) is 7.29. The number of hydrogen-bond acceptors (Lipinski definition) is 4. The minimum absolute atomic E-state index is 0.0782. The maximum atomic E-state index is 12.2. The minimum atomic E-state index is 0.0782. The molecule has 1 saturated carbocycles. The highest BCUT2D eigenvalue weighted by Crippen LogP contribution is 2.28. The van der Waals surface area contributed by atoms with Crippen molar-refractivity contribution in [2.45, 2.75) is 55.9 Å². The van der Waals surface area contributed by atoms with Crippen LogP contribution in [0.5, 0.6) is 0 Å². The van der Waals surface area contributed by atoms with Crippen LogP contribution in [0.25, 0.3) is 0 Å². The Morgan fingerprint density at radius 2 is 2.12 bits per heavy atom. The van der Waals surface area contributed by atoms with Gasteiger partial charge in [-0.25, -0.2) is 0 Å². The summed E-state index contributed by atoms with van der Waals surface area (Å²) in [5.41, 5.74) is 0. The molecule has 1 heterocycles. The molecule has 2 N–H and O–H groups in total. The van der Waals surface area contributed by atoms with Gasteiger partial charge in [-0.15, -0.1) is 0 Å². The number of likely N-dealkylation sites (tertiary alicyclic amines) is 1. The number of nitrogens with one attached hydrogen (secondary N) is 2. The fraction of sp³-hybridized carbons (Fsp3) is 0.889. The van der Waals surface area contributed by atoms with Gasteiger partial charge in [0.05, 0.1) is 6.04 Å². The van der Waals surface area contributed by atoms with Gasteiger partial charge in [-0.2, -0.15) is 11.8 Å². The van der Waals surface area contributed by atoms with Crippen LogP contribution >= 0.6 is 11.8 Å². The van der Waals surface area contributed by atoms with Gasteiger partial charge in [0.25, 0.3) is 0 Å². The van der Waals surface area contributed by atoms with Crippen molar-refractivity contribution in [2.75, 3.05) is 47.0 Å². The van der Waals surface area contributed by atoms with Crippen LogP contribution in [0, 0.1) is 0 Å². The van der Waals surface area contributed by atoms with Gasteiger partial charge in [0, 0.05) is 45.5 Å². The lowest BCUT2D eigenvalue weighted by Gasteiger charge is -2.26. The maximum Gasteiger partial charge on any atom is 0.239 e. The van der Waals surface area contributed by atoms with Crippen molar-refractivity contribution in [2.24, 2.45) is 4.99 Å². The normalized spacial score (nSPS) is 27.5. The largest absolute Gasteiger partial charge is 0.356 e. The molecule has 0 aromatic heterocycles. The predicted octanol–water partition coefficient (Wildman–Crippen LogP) is 1.38. The van der Waals surface area contributed by atoms with Crippen LogP contribution in [0.1, 0.15) is 38.5 Å². The Hall–Kier alpha value is -0.950. The molecule has 25 heavy (non-hydrogen) atoms. The molecule has 144 valence electrons. The van der Waals surface area contributed by atoms with Gasteiger partial charge in [-0.05, 0) is 51.3 Å². The fourth-order valence-electron chi connectivity index (χ4n) is 3.83. The van der Waals surface area contributed by atoms with Crippen molar-refractivity contribution in [1.82, 2.24) is 20.4 Å². The predicted molar refractivity (Wildman–Crippen MR) is 107 cm³/mol. The molecule has 1 amide bonds. The number of nitrogens with zero attached hydrogens (tertiary/aromatic N) is 3. The Kier molecular flexibility index (Phi) is 8.36. The molecule has 3 atom stereocenters. The van der Waals surface area contributed by atoms with Gasteiger partial charge in [-0.1, -0.05) is 0 Å². The van der Waals surface area contributed by atoms with Crippen LogP contribution in [0.15, 0.2) is 4.99 Å². The van der Waals surface area contributed by atoms with Gasteiger partial charge in [0.15, 0.2) is 5.96 Å². The third-order valence-corrected chi connectivity index (χ3v) is 6.38. The lowest BCUT2D eigenvalue weighted by atomic mass is 10.2. The molecule has 3 unspecified atom stereocenters. The third-order valence-electron chi connectivity index (χ3n) is 5.29. The van der Waals surface area contributed by atoms with E-state index < -0.39 is 0 Å². The van der Waals surface area contributed by atoms with E-state index >= 15 is 0 Å². The highest BCUT2D eigenvalue weighted by atomic mass is 32.2. The number of guanidine groups is 1. The molecule has 0 spiro atoms. The number of hydrogen-bond donors (Lipinski definition) is 2. The molecule has 6 nitrogen and oxygen atoms in total. The van der Waals surface area contributed by atoms with Crippen LogP contribution in [0.3, 0.4) is 0 Å². The van der Waals surface area contributed by atoms with E-state index in [4.69, 9.17) is 0 Å². The van der Waals surface area contributed by atoms with Crippen molar-refractivity contribution >= 4 is 23.6 Å². The van der Waals surface area contributed by atoms with E-state index in [1.54, 1.807) is 4.90 Å². The first-order valence-electron chi connectivity index (χ1n) is 9.50. The molecule has 1 aliphatic heterocycles. The first-order valence-corrected chi connectivity index (χ1v) is 10.8. The average molecular weight is 370 g/mol. The third kappa shape index (κ3) is 6.06. The molecule has 1 aliphatic carbocycles. The summed E-state index contributed by atoms with van der Waals surface area (Å²) in [6, 6.07) is 0.624. The van der Waals surface area contributed by atoms with Crippen molar-refractivity contribution in [3.8, 4) is 0 Å². The Morgan fingerprint density at radius 3 is 2.76 bits per heavy atom. The first-order chi connectivity index (χ1) is 12.0.